The van der Waals surface area contributed by atoms with Gasteiger partial charge in [0.25, 0.3) is 0 Å². The Bertz CT molecular complexity index is 548. The first-order chi connectivity index (χ1) is 6.76. The number of hydrogen-bond acceptors (Lipinski definition) is 3. The molecule has 2 nitrogen and oxygen atoms in total. The molecule has 68 valence electrons. The van der Waals surface area contributed by atoms with Gasteiger partial charge in [-0.3, -0.25) is 4.79 Å². The quantitative estimate of drug-likeness (QED) is 0.665. The van der Waals surface area contributed by atoms with Crippen molar-refractivity contribution in [2.75, 3.05) is 0 Å². The van der Waals surface area contributed by atoms with Gasteiger partial charge in [-0.05, 0) is 24.6 Å². The topological polar surface area (TPSA) is 40.9 Å². The van der Waals surface area contributed by atoms with Crippen molar-refractivity contribution in [3.8, 4) is 6.07 Å². The lowest BCUT2D eigenvalue weighted by atomic mass is 10.1. The van der Waals surface area contributed by atoms with Crippen molar-refractivity contribution >= 4 is 27.7 Å². The van der Waals surface area contributed by atoms with Crippen LogP contribution in [0.3, 0.4) is 0 Å². The number of carbonyl (C=O) groups excluding carboxylic acids is 1. The molecule has 2 aromatic rings. The van der Waals surface area contributed by atoms with E-state index < -0.39 is 0 Å². The molecule has 0 amide bonds. The standard InChI is InChI=1S/C11H7NOS/c1-7-2-10-9(5-13)6-14-11(10)3-8(7)4-12/h2-3,5-6H,1H3. The van der Waals surface area contributed by atoms with Crippen LogP contribution in [-0.4, -0.2) is 6.29 Å². The number of aryl methyl sites for hydroxylation is 1. The summed E-state index contributed by atoms with van der Waals surface area (Å²) in [4.78, 5) is 10.7. The first-order valence-electron chi connectivity index (χ1n) is 4.13. The van der Waals surface area contributed by atoms with Gasteiger partial charge in [-0.2, -0.15) is 5.26 Å². The van der Waals surface area contributed by atoms with Crippen LogP contribution in [0.25, 0.3) is 10.1 Å². The zero-order chi connectivity index (χ0) is 10.1. The molecule has 14 heavy (non-hydrogen) atoms. The minimum Gasteiger partial charge on any atom is -0.298 e. The number of thiophene rings is 1. The summed E-state index contributed by atoms with van der Waals surface area (Å²) >= 11 is 1.49. The number of hydrogen-bond donors (Lipinski definition) is 0. The molecule has 3 heteroatoms. The number of aldehydes is 1. The Kier molecular flexibility index (Phi) is 2.06. The maximum absolute atomic E-state index is 10.7. The second-order valence-electron chi connectivity index (χ2n) is 3.08. The Morgan fingerprint density at radius 1 is 1.50 bits per heavy atom. The van der Waals surface area contributed by atoms with Gasteiger partial charge < -0.3 is 0 Å². The maximum Gasteiger partial charge on any atom is 0.151 e. The van der Waals surface area contributed by atoms with Crippen molar-refractivity contribution in [3.05, 3.63) is 34.2 Å². The van der Waals surface area contributed by atoms with Gasteiger partial charge in [0.15, 0.2) is 6.29 Å². The third kappa shape index (κ3) is 1.21. The Morgan fingerprint density at radius 2 is 2.29 bits per heavy atom. The second-order valence-corrected chi connectivity index (χ2v) is 4.00. The molecule has 0 atom stereocenters. The molecule has 0 unspecified atom stereocenters. The average molecular weight is 201 g/mol. The molecule has 0 saturated carbocycles. The number of nitrogens with zero attached hydrogens (tertiary/aromatic N) is 1. The molecule has 0 fully saturated rings. The summed E-state index contributed by atoms with van der Waals surface area (Å²) < 4.78 is 0.995. The van der Waals surface area contributed by atoms with E-state index in [0.29, 0.717) is 11.1 Å². The van der Waals surface area contributed by atoms with E-state index in [1.807, 2.05) is 24.4 Å². The van der Waals surface area contributed by atoms with Gasteiger partial charge in [-0.1, -0.05) is 0 Å². The zero-order valence-electron chi connectivity index (χ0n) is 7.57. The van der Waals surface area contributed by atoms with Crippen LogP contribution in [0.4, 0.5) is 0 Å². The van der Waals surface area contributed by atoms with E-state index in [1.165, 1.54) is 11.3 Å². The van der Waals surface area contributed by atoms with Crippen LogP contribution in [0.15, 0.2) is 17.5 Å². The summed E-state index contributed by atoms with van der Waals surface area (Å²) in [6, 6.07) is 5.87. The summed E-state index contributed by atoms with van der Waals surface area (Å²) in [5.74, 6) is 0. The normalized spacial score (nSPS) is 10.0. The van der Waals surface area contributed by atoms with Crippen LogP contribution < -0.4 is 0 Å². The summed E-state index contributed by atoms with van der Waals surface area (Å²) in [6.07, 6.45) is 0.852. The van der Waals surface area contributed by atoms with Crippen LogP contribution in [0.2, 0.25) is 0 Å². The van der Waals surface area contributed by atoms with Gasteiger partial charge in [0.05, 0.1) is 11.6 Å². The van der Waals surface area contributed by atoms with E-state index in [1.54, 1.807) is 0 Å². The van der Waals surface area contributed by atoms with Crippen molar-refractivity contribution in [3.63, 3.8) is 0 Å². The Morgan fingerprint density at radius 3 is 2.93 bits per heavy atom. The van der Waals surface area contributed by atoms with Crippen LogP contribution in [-0.2, 0) is 0 Å². The van der Waals surface area contributed by atoms with Gasteiger partial charge >= 0.3 is 0 Å². The highest BCUT2D eigenvalue weighted by molar-refractivity contribution is 7.17. The Balaban J connectivity index is 2.83. The number of rotatable bonds is 1. The SMILES string of the molecule is Cc1cc2c(C=O)csc2cc1C#N. The molecular weight excluding hydrogens is 194 g/mol. The van der Waals surface area contributed by atoms with Crippen molar-refractivity contribution in [1.29, 1.82) is 5.26 Å². The van der Waals surface area contributed by atoms with Gasteiger partial charge in [-0.25, -0.2) is 0 Å². The van der Waals surface area contributed by atoms with Crippen LogP contribution in [0, 0.1) is 18.3 Å². The van der Waals surface area contributed by atoms with Crippen molar-refractivity contribution < 1.29 is 4.79 Å². The van der Waals surface area contributed by atoms with E-state index >= 15 is 0 Å². The fraction of sp³-hybridized carbons (Fsp3) is 0.0909. The molecule has 2 rings (SSSR count). The van der Waals surface area contributed by atoms with E-state index in [-0.39, 0.29) is 0 Å². The first kappa shape index (κ1) is 8.92. The highest BCUT2D eigenvalue weighted by Crippen LogP contribution is 2.27. The number of carbonyl (C=O) groups is 1. The lowest BCUT2D eigenvalue weighted by Crippen LogP contribution is -1.82. The monoisotopic (exact) mass is 201 g/mol. The molecule has 0 saturated heterocycles. The van der Waals surface area contributed by atoms with Crippen LogP contribution in [0.1, 0.15) is 21.5 Å². The summed E-state index contributed by atoms with van der Waals surface area (Å²) in [5.41, 5.74) is 2.30. The molecule has 0 N–H and O–H groups in total. The fourth-order valence-corrected chi connectivity index (χ4v) is 2.34. The molecule has 1 aromatic heterocycles. The minimum atomic E-state index is 0.678. The lowest BCUT2D eigenvalue weighted by Gasteiger charge is -1.97. The summed E-state index contributed by atoms with van der Waals surface area (Å²) in [7, 11) is 0. The maximum atomic E-state index is 10.7. The predicted molar refractivity (Wildman–Crippen MR) is 56.7 cm³/mol. The molecular formula is C11H7NOS. The van der Waals surface area contributed by atoms with E-state index in [0.717, 1.165) is 21.9 Å². The zero-order valence-corrected chi connectivity index (χ0v) is 8.39. The molecule has 1 heterocycles. The molecule has 1 aromatic carbocycles. The van der Waals surface area contributed by atoms with Gasteiger partial charge in [-0.15, -0.1) is 11.3 Å². The Labute approximate surface area is 85.4 Å². The Hall–Kier alpha value is -1.66. The fourth-order valence-electron chi connectivity index (χ4n) is 1.41. The number of fused-ring (bicyclic) bond motifs is 1. The van der Waals surface area contributed by atoms with Crippen molar-refractivity contribution in [1.82, 2.24) is 0 Å². The largest absolute Gasteiger partial charge is 0.298 e. The van der Waals surface area contributed by atoms with E-state index in [4.69, 9.17) is 5.26 Å². The number of benzene rings is 1. The first-order valence-corrected chi connectivity index (χ1v) is 5.01. The van der Waals surface area contributed by atoms with Crippen LogP contribution >= 0.6 is 11.3 Å². The third-order valence-electron chi connectivity index (χ3n) is 2.20. The van der Waals surface area contributed by atoms with Gasteiger partial charge in [0, 0.05) is 21.0 Å². The molecule has 0 aliphatic rings. The van der Waals surface area contributed by atoms with Crippen molar-refractivity contribution in [2.24, 2.45) is 0 Å². The summed E-state index contributed by atoms with van der Waals surface area (Å²) in [5, 5.41) is 11.6. The molecule has 0 aliphatic heterocycles. The highest BCUT2D eigenvalue weighted by atomic mass is 32.1. The van der Waals surface area contributed by atoms with Gasteiger partial charge in [0.2, 0.25) is 0 Å². The van der Waals surface area contributed by atoms with E-state index in [2.05, 4.69) is 6.07 Å². The van der Waals surface area contributed by atoms with Crippen LogP contribution in [0.5, 0.6) is 0 Å². The third-order valence-corrected chi connectivity index (χ3v) is 3.16. The smallest absolute Gasteiger partial charge is 0.151 e. The van der Waals surface area contributed by atoms with Crippen molar-refractivity contribution in [2.45, 2.75) is 6.92 Å². The second kappa shape index (κ2) is 3.24. The average Bonchev–Trinajstić information content (AvgIpc) is 2.58. The number of nitriles is 1. The molecule has 0 bridgehead atoms. The summed E-state index contributed by atoms with van der Waals surface area (Å²) in [6.45, 7) is 1.88. The predicted octanol–water partition coefficient (Wildman–Crippen LogP) is 2.89. The van der Waals surface area contributed by atoms with E-state index in [9.17, 15) is 4.79 Å². The molecule has 0 spiro atoms. The van der Waals surface area contributed by atoms with Gasteiger partial charge in [0.1, 0.15) is 0 Å². The lowest BCUT2D eigenvalue weighted by molar-refractivity contribution is 0.112. The highest BCUT2D eigenvalue weighted by Gasteiger charge is 2.06. The minimum absolute atomic E-state index is 0.678. The molecule has 0 radical (unpaired) electrons. The molecule has 0 aliphatic carbocycles.